The molecule has 10 nitrogen and oxygen atoms in total. The van der Waals surface area contributed by atoms with Crippen LogP contribution in [0.2, 0.25) is 5.02 Å². The number of nitrogens with zero attached hydrogens (tertiary/aromatic N) is 4. The lowest BCUT2D eigenvalue weighted by molar-refractivity contribution is -0.137. The third kappa shape index (κ3) is 8.66. The Labute approximate surface area is 335 Å². The van der Waals surface area contributed by atoms with Gasteiger partial charge in [0, 0.05) is 95.5 Å². The SMILES string of the molecule is CCCc1cc(Cl)ccc1C1COc2ccc3cc2N(C1)CC1CCC1C(CN1CCN(C2CN(C(C)=O)C2)CC1)(OC)/C=C/CC(C)C(C)S(=O)NC3=O. The molecule has 7 atom stereocenters. The first-order valence-electron chi connectivity index (χ1n) is 20.4. The van der Waals surface area contributed by atoms with Crippen LogP contribution in [0.5, 0.6) is 5.75 Å². The Hall–Kier alpha value is -2.96. The number of likely N-dealkylation sites (tertiary alicyclic amines) is 1. The Balaban J connectivity index is 1.19. The van der Waals surface area contributed by atoms with Crippen molar-refractivity contribution in [3.05, 3.63) is 70.3 Å². The van der Waals surface area contributed by atoms with Gasteiger partial charge in [-0.25, -0.2) is 4.21 Å². The van der Waals surface area contributed by atoms with Gasteiger partial charge in [-0.15, -0.1) is 0 Å². The summed E-state index contributed by atoms with van der Waals surface area (Å²) in [5, 5.41) is 0.503. The molecule has 5 aliphatic rings. The van der Waals surface area contributed by atoms with Gasteiger partial charge in [-0.2, -0.15) is 0 Å². The Kier molecular flexibility index (Phi) is 12.6. The molecule has 12 heteroatoms. The van der Waals surface area contributed by atoms with E-state index in [2.05, 4.69) is 57.6 Å². The number of allylic oxidation sites excluding steroid dienone is 1. The van der Waals surface area contributed by atoms with Gasteiger partial charge >= 0.3 is 0 Å². The topological polar surface area (TPSA) is 94.7 Å². The Bertz CT molecular complexity index is 1760. The normalized spacial score (nSPS) is 31.6. The number of amides is 2. The van der Waals surface area contributed by atoms with Gasteiger partial charge in [-0.1, -0.05) is 50.1 Å². The van der Waals surface area contributed by atoms with Crippen LogP contribution in [0, 0.1) is 17.8 Å². The Morgan fingerprint density at radius 2 is 1.84 bits per heavy atom. The molecule has 0 radical (unpaired) electrons. The summed E-state index contributed by atoms with van der Waals surface area (Å²) in [7, 11) is 0.316. The van der Waals surface area contributed by atoms with E-state index in [4.69, 9.17) is 21.1 Å². The first-order chi connectivity index (χ1) is 26.5. The van der Waals surface area contributed by atoms with Crippen LogP contribution in [0.4, 0.5) is 5.69 Å². The highest BCUT2D eigenvalue weighted by molar-refractivity contribution is 7.84. The minimum absolute atomic E-state index is 0.0796. The van der Waals surface area contributed by atoms with Crippen LogP contribution in [0.3, 0.4) is 0 Å². The molecule has 4 heterocycles. The molecule has 2 saturated heterocycles. The molecular weight excluding hydrogens is 734 g/mol. The van der Waals surface area contributed by atoms with Gasteiger partial charge < -0.3 is 19.3 Å². The molecule has 1 N–H and O–H groups in total. The van der Waals surface area contributed by atoms with E-state index in [9.17, 15) is 13.8 Å². The zero-order chi connectivity index (χ0) is 38.9. The molecule has 7 rings (SSSR count). The van der Waals surface area contributed by atoms with Gasteiger partial charge in [0.25, 0.3) is 5.91 Å². The third-order valence-electron chi connectivity index (χ3n) is 13.3. The summed E-state index contributed by atoms with van der Waals surface area (Å²) in [6.45, 7) is 16.3. The molecule has 7 unspecified atom stereocenters. The molecule has 4 aliphatic heterocycles. The number of carbonyl (C=O) groups is 2. The molecule has 3 fully saturated rings. The van der Waals surface area contributed by atoms with Crippen molar-refractivity contribution in [2.45, 2.75) is 82.6 Å². The molecule has 2 aromatic carbocycles. The molecule has 55 heavy (non-hydrogen) atoms. The van der Waals surface area contributed by atoms with E-state index < -0.39 is 16.6 Å². The van der Waals surface area contributed by atoms with Crippen LogP contribution in [-0.2, 0) is 26.9 Å². The maximum absolute atomic E-state index is 13.6. The molecular formula is C43H60ClN5O5S. The quantitative estimate of drug-likeness (QED) is 0.346. The van der Waals surface area contributed by atoms with Crippen LogP contribution < -0.4 is 14.4 Å². The summed E-state index contributed by atoms with van der Waals surface area (Å²) in [5.41, 5.74) is 3.42. The van der Waals surface area contributed by atoms with Gasteiger partial charge in [0.2, 0.25) is 5.91 Å². The van der Waals surface area contributed by atoms with Crippen LogP contribution in [-0.4, -0.2) is 120 Å². The average molecular weight is 795 g/mol. The number of piperazine rings is 1. The Morgan fingerprint density at radius 3 is 2.53 bits per heavy atom. The first kappa shape index (κ1) is 40.2. The number of nitrogens with one attached hydrogen (secondary N) is 1. The van der Waals surface area contributed by atoms with E-state index >= 15 is 0 Å². The lowest BCUT2D eigenvalue weighted by Gasteiger charge is -2.53. The number of benzene rings is 2. The molecule has 2 bridgehead atoms. The number of ether oxygens (including phenoxy) is 2. The van der Waals surface area contributed by atoms with Gasteiger partial charge in [0.1, 0.15) is 22.3 Å². The lowest BCUT2D eigenvalue weighted by Crippen LogP contribution is -2.65. The number of methoxy groups -OCH3 is 1. The highest BCUT2D eigenvalue weighted by Gasteiger charge is 2.49. The second-order valence-electron chi connectivity index (χ2n) is 16.7. The fourth-order valence-corrected chi connectivity index (χ4v) is 10.7. The minimum Gasteiger partial charge on any atom is -0.491 e. The monoisotopic (exact) mass is 793 g/mol. The van der Waals surface area contributed by atoms with E-state index in [0.29, 0.717) is 30.0 Å². The fourth-order valence-electron chi connectivity index (χ4n) is 9.45. The maximum Gasteiger partial charge on any atom is 0.263 e. The largest absolute Gasteiger partial charge is 0.491 e. The summed E-state index contributed by atoms with van der Waals surface area (Å²) < 4.78 is 29.7. The van der Waals surface area contributed by atoms with Gasteiger partial charge in [-0.05, 0) is 91.8 Å². The fraction of sp³-hybridized carbons (Fsp3) is 0.628. The smallest absolute Gasteiger partial charge is 0.263 e. The number of carbonyl (C=O) groups excluding carboxylic acids is 2. The first-order valence-corrected chi connectivity index (χ1v) is 22.0. The van der Waals surface area contributed by atoms with Crippen molar-refractivity contribution >= 4 is 40.1 Å². The summed E-state index contributed by atoms with van der Waals surface area (Å²) >= 11 is 6.51. The van der Waals surface area contributed by atoms with E-state index in [1.54, 1.807) is 13.0 Å². The number of fused-ring (bicyclic) bond motifs is 2. The molecule has 1 saturated carbocycles. The minimum atomic E-state index is -1.56. The van der Waals surface area contributed by atoms with E-state index in [-0.39, 0.29) is 28.9 Å². The number of anilines is 1. The molecule has 0 spiro atoms. The predicted octanol–water partition coefficient (Wildman–Crippen LogP) is 5.91. The lowest BCUT2D eigenvalue weighted by atomic mass is 9.63. The molecule has 1 aliphatic carbocycles. The van der Waals surface area contributed by atoms with Crippen LogP contribution >= 0.6 is 11.6 Å². The zero-order valence-corrected chi connectivity index (χ0v) is 34.9. The van der Waals surface area contributed by atoms with Crippen LogP contribution in [0.15, 0.2) is 48.6 Å². The number of halogens is 1. The van der Waals surface area contributed by atoms with Crippen molar-refractivity contribution in [1.29, 1.82) is 0 Å². The number of hydrogen-bond donors (Lipinski definition) is 1. The second kappa shape index (κ2) is 17.3. The van der Waals surface area contributed by atoms with E-state index in [1.165, 1.54) is 11.1 Å². The second-order valence-corrected chi connectivity index (χ2v) is 18.7. The number of aryl methyl sites for hydroxylation is 1. The summed E-state index contributed by atoms with van der Waals surface area (Å²) in [6.07, 6.45) is 9.44. The van der Waals surface area contributed by atoms with Gasteiger partial charge in [0.15, 0.2) is 0 Å². The third-order valence-corrected chi connectivity index (χ3v) is 15.1. The van der Waals surface area contributed by atoms with Gasteiger partial charge in [-0.3, -0.25) is 24.1 Å². The molecule has 2 amide bonds. The summed E-state index contributed by atoms with van der Waals surface area (Å²) in [4.78, 5) is 34.9. The van der Waals surface area contributed by atoms with Crippen molar-refractivity contribution in [3.8, 4) is 5.75 Å². The highest BCUT2D eigenvalue weighted by Crippen LogP contribution is 2.47. The summed E-state index contributed by atoms with van der Waals surface area (Å²) in [6, 6.07) is 12.4. The molecule has 0 aromatic heterocycles. The number of hydrogen-bond acceptors (Lipinski definition) is 8. The zero-order valence-electron chi connectivity index (χ0n) is 33.3. The maximum atomic E-state index is 13.6. The van der Waals surface area contributed by atoms with Crippen molar-refractivity contribution in [2.75, 3.05) is 77.5 Å². The number of rotatable bonds is 7. The van der Waals surface area contributed by atoms with Crippen LogP contribution in [0.25, 0.3) is 0 Å². The predicted molar refractivity (Wildman–Crippen MR) is 220 cm³/mol. The highest BCUT2D eigenvalue weighted by atomic mass is 35.5. The van der Waals surface area contributed by atoms with Crippen molar-refractivity contribution in [1.82, 2.24) is 19.4 Å². The van der Waals surface area contributed by atoms with E-state index in [0.717, 1.165) is 107 Å². The molecule has 300 valence electrons. The van der Waals surface area contributed by atoms with Gasteiger partial charge in [0.05, 0.1) is 17.5 Å². The van der Waals surface area contributed by atoms with Crippen LogP contribution in [0.1, 0.15) is 80.8 Å². The summed E-state index contributed by atoms with van der Waals surface area (Å²) in [5.74, 6) is 1.43. The average Bonchev–Trinajstić information content (AvgIpc) is 3.31. The standard InChI is InChI=1S/C43H60ClN5O5S/c1-6-8-32-21-36(44)12-13-38(32)35-24-49-23-34-10-14-39(34)43(53-5,28-46-17-19-47(20-18-46)37-25-48(26-37)31(4)50)16-7-9-29(2)30(3)55(52)45-42(51)33-11-15-41(54-27-35)40(49)22-33/h7,11-13,15-16,21-22,29-30,34-35,37,39H,6,8-10,14,17-20,23-28H2,1-5H3,(H,45,51)/b16-7+. The van der Waals surface area contributed by atoms with Crippen molar-refractivity contribution in [2.24, 2.45) is 17.8 Å². The molecule has 2 aromatic rings. The Morgan fingerprint density at radius 1 is 1.05 bits per heavy atom. The van der Waals surface area contributed by atoms with E-state index in [1.807, 2.05) is 37.1 Å². The van der Waals surface area contributed by atoms with Crippen molar-refractivity contribution < 1.29 is 23.3 Å². The van der Waals surface area contributed by atoms with Crippen molar-refractivity contribution in [3.63, 3.8) is 0 Å².